The van der Waals surface area contributed by atoms with Gasteiger partial charge in [-0.1, -0.05) is 59.6 Å². The molecule has 0 unspecified atom stereocenters. The Bertz CT molecular complexity index is 1170. The highest BCUT2D eigenvalue weighted by Gasteiger charge is 2.58. The summed E-state index contributed by atoms with van der Waals surface area (Å²) in [4.78, 5) is 14.9. The number of halogens is 7. The number of nitrogens with one attached hydrogen (secondary N) is 1. The van der Waals surface area contributed by atoms with Crippen LogP contribution >= 0.6 is 23.2 Å². The van der Waals surface area contributed by atoms with E-state index >= 15 is 0 Å². The molecule has 0 radical (unpaired) electrons. The Kier molecular flexibility index (Phi) is 8.28. The molecule has 1 N–H and O–H groups in total. The molecule has 3 aromatic carbocycles. The second-order valence-corrected chi connectivity index (χ2v) is 8.69. The molecule has 186 valence electrons. The first kappa shape index (κ1) is 26.8. The van der Waals surface area contributed by atoms with Crippen LogP contribution in [0.1, 0.15) is 27.0 Å². The molecule has 35 heavy (non-hydrogen) atoms. The van der Waals surface area contributed by atoms with E-state index in [0.29, 0.717) is 33.3 Å². The van der Waals surface area contributed by atoms with E-state index in [1.807, 2.05) is 12.1 Å². The smallest absolute Gasteiger partial charge is 0.387 e. The molecule has 3 rings (SSSR count). The van der Waals surface area contributed by atoms with Crippen molar-refractivity contribution >= 4 is 34.8 Å². The van der Waals surface area contributed by atoms with E-state index in [1.54, 1.807) is 31.3 Å². The van der Waals surface area contributed by atoms with Crippen molar-refractivity contribution in [2.45, 2.75) is 25.1 Å². The van der Waals surface area contributed by atoms with E-state index in [9.17, 15) is 26.7 Å². The minimum atomic E-state index is -5.70. The topological polar surface area (TPSA) is 32.3 Å². The molecule has 0 fully saturated rings. The number of amides is 1. The molecule has 1 amide bonds. The van der Waals surface area contributed by atoms with E-state index in [0.717, 1.165) is 29.8 Å². The molecule has 3 aromatic rings. The molecule has 0 saturated carbocycles. The SMILES string of the molecule is CNc1ccc(Cl)cc1C(=O)N(CCc1ccc(Cl)cc1)Cc1ccc(C(F)(F)C(F)(F)F)cc1. The molecular formula is C25H21Cl2F5N2O. The molecule has 0 bridgehead atoms. The highest BCUT2D eigenvalue weighted by molar-refractivity contribution is 6.31. The fraction of sp³-hybridized carbons (Fsp3) is 0.240. The second kappa shape index (κ2) is 10.8. The van der Waals surface area contributed by atoms with E-state index < -0.39 is 17.7 Å². The number of rotatable bonds is 8. The first-order valence-corrected chi connectivity index (χ1v) is 11.2. The second-order valence-electron chi connectivity index (χ2n) is 7.81. The lowest BCUT2D eigenvalue weighted by molar-refractivity contribution is -0.289. The van der Waals surface area contributed by atoms with Gasteiger partial charge in [-0.15, -0.1) is 0 Å². The summed E-state index contributed by atoms with van der Waals surface area (Å²) < 4.78 is 65.4. The number of benzene rings is 3. The maximum absolute atomic E-state index is 13.6. The van der Waals surface area contributed by atoms with Crippen LogP contribution in [0.25, 0.3) is 0 Å². The van der Waals surface area contributed by atoms with Crippen LogP contribution in [0, 0.1) is 0 Å². The lowest BCUT2D eigenvalue weighted by atomic mass is 10.0. The van der Waals surface area contributed by atoms with Gasteiger partial charge in [-0.25, -0.2) is 0 Å². The zero-order chi connectivity index (χ0) is 25.8. The highest BCUT2D eigenvalue weighted by atomic mass is 35.5. The lowest BCUT2D eigenvalue weighted by Crippen LogP contribution is -2.34. The fourth-order valence-electron chi connectivity index (χ4n) is 3.45. The average molecular weight is 531 g/mol. The first-order valence-electron chi connectivity index (χ1n) is 10.5. The zero-order valence-electron chi connectivity index (χ0n) is 18.5. The number of hydrogen-bond acceptors (Lipinski definition) is 2. The van der Waals surface area contributed by atoms with E-state index in [4.69, 9.17) is 23.2 Å². The van der Waals surface area contributed by atoms with Gasteiger partial charge < -0.3 is 10.2 Å². The van der Waals surface area contributed by atoms with Crippen LogP contribution in [0.4, 0.5) is 27.6 Å². The molecule has 0 aromatic heterocycles. The van der Waals surface area contributed by atoms with Crippen molar-refractivity contribution in [3.05, 3.63) is 99.0 Å². The van der Waals surface area contributed by atoms with Gasteiger partial charge in [0.2, 0.25) is 0 Å². The summed E-state index contributed by atoms with van der Waals surface area (Å²) in [6.07, 6.45) is -5.24. The largest absolute Gasteiger partial charge is 0.458 e. The third-order valence-corrected chi connectivity index (χ3v) is 5.89. The summed E-state index contributed by atoms with van der Waals surface area (Å²) in [5.41, 5.74) is 0.976. The molecule has 3 nitrogen and oxygen atoms in total. The number of carbonyl (C=O) groups is 1. The van der Waals surface area contributed by atoms with Crippen LogP contribution in [0.2, 0.25) is 10.0 Å². The van der Waals surface area contributed by atoms with Gasteiger partial charge in [0.25, 0.3) is 5.91 Å². The Labute approximate surface area is 209 Å². The minimum absolute atomic E-state index is 0.0139. The van der Waals surface area contributed by atoms with Crippen molar-refractivity contribution < 1.29 is 26.7 Å². The summed E-state index contributed by atoms with van der Waals surface area (Å²) in [5, 5.41) is 3.85. The summed E-state index contributed by atoms with van der Waals surface area (Å²) >= 11 is 12.0. The molecule has 0 aliphatic carbocycles. The predicted molar refractivity (Wildman–Crippen MR) is 127 cm³/mol. The van der Waals surface area contributed by atoms with Gasteiger partial charge in [0, 0.05) is 41.4 Å². The number of anilines is 1. The molecule has 0 aliphatic rings. The van der Waals surface area contributed by atoms with Gasteiger partial charge in [-0.05, 0) is 47.9 Å². The monoisotopic (exact) mass is 530 g/mol. The number of nitrogens with zero attached hydrogens (tertiary/aromatic N) is 1. The molecule has 0 atom stereocenters. The number of hydrogen-bond donors (Lipinski definition) is 1. The Balaban J connectivity index is 1.88. The fourth-order valence-corrected chi connectivity index (χ4v) is 3.75. The Morgan fingerprint density at radius 2 is 1.43 bits per heavy atom. The predicted octanol–water partition coefficient (Wildman–Crippen LogP) is 7.57. The van der Waals surface area contributed by atoms with Gasteiger partial charge in [0.1, 0.15) is 0 Å². The van der Waals surface area contributed by atoms with Crippen molar-refractivity contribution in [2.24, 2.45) is 0 Å². The summed E-state index contributed by atoms with van der Waals surface area (Å²) in [6, 6.07) is 15.6. The van der Waals surface area contributed by atoms with Crippen LogP contribution < -0.4 is 5.32 Å². The van der Waals surface area contributed by atoms with Crippen molar-refractivity contribution in [3.63, 3.8) is 0 Å². The normalized spacial score (nSPS) is 11.9. The van der Waals surface area contributed by atoms with Crippen LogP contribution in [-0.2, 0) is 18.9 Å². The van der Waals surface area contributed by atoms with Gasteiger partial charge >= 0.3 is 12.1 Å². The Hall–Kier alpha value is -2.84. The van der Waals surface area contributed by atoms with E-state index in [1.165, 1.54) is 11.0 Å². The molecule has 0 spiro atoms. The van der Waals surface area contributed by atoms with Crippen LogP contribution in [-0.4, -0.2) is 30.6 Å². The highest BCUT2D eigenvalue weighted by Crippen LogP contribution is 2.43. The standard InChI is InChI=1S/C25H21Cl2F5N2O/c1-33-22-11-10-20(27)14-21(22)23(35)34(13-12-16-4-8-19(26)9-5-16)15-17-2-6-18(7-3-17)24(28,29)25(30,31)32/h2-11,14,33H,12-13,15H2,1H3. The van der Waals surface area contributed by atoms with Crippen molar-refractivity contribution in [1.29, 1.82) is 0 Å². The third kappa shape index (κ3) is 6.44. The van der Waals surface area contributed by atoms with Crippen LogP contribution in [0.3, 0.4) is 0 Å². The third-order valence-electron chi connectivity index (χ3n) is 5.40. The summed E-state index contributed by atoms with van der Waals surface area (Å²) in [5.74, 6) is -5.35. The molecule has 0 heterocycles. The van der Waals surface area contributed by atoms with Gasteiger partial charge in [-0.3, -0.25) is 4.79 Å². The molecule has 10 heteroatoms. The van der Waals surface area contributed by atoms with Crippen LogP contribution in [0.5, 0.6) is 0 Å². The molecular weight excluding hydrogens is 510 g/mol. The van der Waals surface area contributed by atoms with Gasteiger partial charge in [0.05, 0.1) is 5.56 Å². The Morgan fingerprint density at radius 1 is 0.857 bits per heavy atom. The average Bonchev–Trinajstić information content (AvgIpc) is 2.82. The van der Waals surface area contributed by atoms with Gasteiger partial charge in [-0.2, -0.15) is 22.0 Å². The lowest BCUT2D eigenvalue weighted by Gasteiger charge is -2.25. The summed E-state index contributed by atoms with van der Waals surface area (Å²) in [6.45, 7) is 0.233. The van der Waals surface area contributed by atoms with Crippen molar-refractivity contribution in [2.75, 3.05) is 18.9 Å². The maximum atomic E-state index is 13.6. The summed E-state index contributed by atoms with van der Waals surface area (Å²) in [7, 11) is 1.65. The minimum Gasteiger partial charge on any atom is -0.387 e. The number of alkyl halides is 5. The van der Waals surface area contributed by atoms with E-state index in [-0.39, 0.29) is 19.0 Å². The molecule has 0 aliphatic heterocycles. The van der Waals surface area contributed by atoms with E-state index in [2.05, 4.69) is 5.32 Å². The molecule has 0 saturated heterocycles. The quantitative estimate of drug-likeness (QED) is 0.304. The van der Waals surface area contributed by atoms with Crippen molar-refractivity contribution in [1.82, 2.24) is 4.90 Å². The zero-order valence-corrected chi connectivity index (χ0v) is 20.0. The van der Waals surface area contributed by atoms with Gasteiger partial charge in [0.15, 0.2) is 0 Å². The van der Waals surface area contributed by atoms with Crippen LogP contribution in [0.15, 0.2) is 66.7 Å². The Morgan fingerprint density at radius 3 is 2.00 bits per heavy atom. The van der Waals surface area contributed by atoms with Crippen molar-refractivity contribution in [3.8, 4) is 0 Å². The first-order chi connectivity index (χ1) is 16.4. The maximum Gasteiger partial charge on any atom is 0.458 e. The number of carbonyl (C=O) groups excluding carboxylic acids is 1.